The number of carbonyl (C=O) groups excluding carboxylic acids is 2. The van der Waals surface area contributed by atoms with Gasteiger partial charge in [-0.1, -0.05) is 12.1 Å². The maximum atomic E-state index is 12.7. The number of aryl methyl sites for hydroxylation is 1. The molecule has 2 amide bonds. The Morgan fingerprint density at radius 1 is 1.07 bits per heavy atom. The zero-order valence-corrected chi connectivity index (χ0v) is 17.1. The third kappa shape index (κ3) is 3.90. The monoisotopic (exact) mass is 392 g/mol. The molecule has 1 aromatic carbocycles. The number of nitrogens with zero attached hydrogens (tertiary/aromatic N) is 3. The molecule has 2 aliphatic heterocycles. The number of benzene rings is 1. The number of hydrogen-bond donors (Lipinski definition) is 1. The molecule has 6 nitrogen and oxygen atoms in total. The highest BCUT2D eigenvalue weighted by molar-refractivity contribution is 5.94. The maximum absolute atomic E-state index is 12.7. The molecule has 3 heterocycles. The van der Waals surface area contributed by atoms with Crippen molar-refractivity contribution in [1.82, 2.24) is 9.88 Å². The van der Waals surface area contributed by atoms with Crippen LogP contribution in [-0.2, 0) is 11.2 Å². The number of fused-ring (bicyclic) bond motifs is 1. The summed E-state index contributed by atoms with van der Waals surface area (Å²) in [6.07, 6.45) is 5.36. The number of piperidine rings is 1. The van der Waals surface area contributed by atoms with Gasteiger partial charge in [-0.3, -0.25) is 14.6 Å². The summed E-state index contributed by atoms with van der Waals surface area (Å²) < 4.78 is 0. The molecule has 1 saturated heterocycles. The summed E-state index contributed by atoms with van der Waals surface area (Å²) in [5, 5.41) is 0. The van der Waals surface area contributed by atoms with Crippen LogP contribution in [0.25, 0.3) is 11.1 Å². The number of nitrogens with two attached hydrogens (primary N) is 1. The number of likely N-dealkylation sites (tertiary alicyclic amines) is 1. The molecule has 0 saturated carbocycles. The molecule has 0 bridgehead atoms. The van der Waals surface area contributed by atoms with Gasteiger partial charge in [-0.15, -0.1) is 0 Å². The van der Waals surface area contributed by atoms with Crippen molar-refractivity contribution >= 4 is 17.5 Å². The van der Waals surface area contributed by atoms with Crippen LogP contribution < -0.4 is 10.6 Å². The highest BCUT2D eigenvalue weighted by Crippen LogP contribution is 2.34. The van der Waals surface area contributed by atoms with E-state index in [1.165, 1.54) is 5.56 Å². The molecular formula is C23H28N4O2. The van der Waals surface area contributed by atoms with Crippen LogP contribution in [0.3, 0.4) is 0 Å². The zero-order chi connectivity index (χ0) is 20.5. The molecule has 29 heavy (non-hydrogen) atoms. The molecule has 2 N–H and O–H groups in total. The van der Waals surface area contributed by atoms with Crippen LogP contribution >= 0.6 is 0 Å². The van der Waals surface area contributed by atoms with Crippen molar-refractivity contribution in [2.45, 2.75) is 51.6 Å². The topological polar surface area (TPSA) is 79.5 Å². The fraction of sp³-hybridized carbons (Fsp3) is 0.435. The number of pyridine rings is 1. The average Bonchev–Trinajstić information content (AvgIpc) is 2.73. The highest BCUT2D eigenvalue weighted by atomic mass is 16.2. The first-order valence-corrected chi connectivity index (χ1v) is 10.4. The second-order valence-corrected chi connectivity index (χ2v) is 8.18. The van der Waals surface area contributed by atoms with Crippen molar-refractivity contribution in [3.05, 3.63) is 47.8 Å². The number of amides is 2. The van der Waals surface area contributed by atoms with Crippen LogP contribution in [0.1, 0.15) is 49.2 Å². The SMILES string of the molecule is CC(=O)N1c2ccc(-c3ccc(C(=O)N4CCC(N)CC4)nc3)cc2CC[C@@H]1C. The van der Waals surface area contributed by atoms with Gasteiger partial charge in [-0.05, 0) is 61.9 Å². The minimum Gasteiger partial charge on any atom is -0.337 e. The van der Waals surface area contributed by atoms with Gasteiger partial charge in [0, 0.05) is 49.5 Å². The summed E-state index contributed by atoms with van der Waals surface area (Å²) >= 11 is 0. The summed E-state index contributed by atoms with van der Waals surface area (Å²) in [5.41, 5.74) is 10.6. The van der Waals surface area contributed by atoms with Gasteiger partial charge < -0.3 is 15.5 Å². The molecule has 0 unspecified atom stereocenters. The van der Waals surface area contributed by atoms with E-state index >= 15 is 0 Å². The molecule has 6 heteroatoms. The van der Waals surface area contributed by atoms with E-state index in [9.17, 15) is 9.59 Å². The highest BCUT2D eigenvalue weighted by Gasteiger charge is 2.26. The summed E-state index contributed by atoms with van der Waals surface area (Å²) in [7, 11) is 0. The lowest BCUT2D eigenvalue weighted by molar-refractivity contribution is -0.117. The van der Waals surface area contributed by atoms with E-state index in [0.29, 0.717) is 18.8 Å². The van der Waals surface area contributed by atoms with Crippen LogP contribution in [0, 0.1) is 0 Å². The molecule has 0 radical (unpaired) electrons. The third-order valence-corrected chi connectivity index (χ3v) is 6.09. The van der Waals surface area contributed by atoms with Crippen LogP contribution in [-0.4, -0.2) is 46.9 Å². The Bertz CT molecular complexity index is 917. The number of hydrogen-bond acceptors (Lipinski definition) is 4. The maximum Gasteiger partial charge on any atom is 0.272 e. The van der Waals surface area contributed by atoms with Crippen molar-refractivity contribution in [2.75, 3.05) is 18.0 Å². The lowest BCUT2D eigenvalue weighted by atomic mass is 9.93. The lowest BCUT2D eigenvalue weighted by Crippen LogP contribution is -2.43. The first kappa shape index (κ1) is 19.6. The van der Waals surface area contributed by atoms with Crippen LogP contribution in [0.4, 0.5) is 5.69 Å². The van der Waals surface area contributed by atoms with E-state index in [1.807, 2.05) is 28.0 Å². The Balaban J connectivity index is 1.54. The van der Waals surface area contributed by atoms with E-state index in [4.69, 9.17) is 5.73 Å². The molecule has 0 aliphatic carbocycles. The fourth-order valence-corrected chi connectivity index (χ4v) is 4.37. The summed E-state index contributed by atoms with van der Waals surface area (Å²) in [6.45, 7) is 5.10. The van der Waals surface area contributed by atoms with E-state index in [1.54, 1.807) is 19.2 Å². The fourth-order valence-electron chi connectivity index (χ4n) is 4.37. The van der Waals surface area contributed by atoms with Crippen molar-refractivity contribution < 1.29 is 9.59 Å². The largest absolute Gasteiger partial charge is 0.337 e. The summed E-state index contributed by atoms with van der Waals surface area (Å²) in [6, 6.07) is 10.4. The molecule has 1 fully saturated rings. The quantitative estimate of drug-likeness (QED) is 0.852. The minimum absolute atomic E-state index is 0.0278. The van der Waals surface area contributed by atoms with E-state index in [-0.39, 0.29) is 23.9 Å². The average molecular weight is 393 g/mol. The predicted molar refractivity (Wildman–Crippen MR) is 114 cm³/mol. The van der Waals surface area contributed by atoms with Gasteiger partial charge >= 0.3 is 0 Å². The van der Waals surface area contributed by atoms with E-state index < -0.39 is 0 Å². The van der Waals surface area contributed by atoms with E-state index in [0.717, 1.165) is 42.5 Å². The number of aromatic nitrogens is 1. The number of carbonyl (C=O) groups is 2. The van der Waals surface area contributed by atoms with Gasteiger partial charge in [0.1, 0.15) is 5.69 Å². The third-order valence-electron chi connectivity index (χ3n) is 6.09. The predicted octanol–water partition coefficient (Wildman–Crippen LogP) is 3.00. The molecule has 2 aromatic rings. The Kier molecular flexibility index (Phi) is 5.37. The Labute approximate surface area is 171 Å². The van der Waals surface area contributed by atoms with Crippen LogP contribution in [0.5, 0.6) is 0 Å². The Morgan fingerprint density at radius 3 is 2.45 bits per heavy atom. The molecule has 1 aromatic heterocycles. The van der Waals surface area contributed by atoms with Gasteiger partial charge in [-0.25, -0.2) is 0 Å². The molecule has 4 rings (SSSR count). The first-order valence-electron chi connectivity index (χ1n) is 10.4. The lowest BCUT2D eigenvalue weighted by Gasteiger charge is -2.34. The van der Waals surface area contributed by atoms with Crippen molar-refractivity contribution in [1.29, 1.82) is 0 Å². The molecule has 152 valence electrons. The zero-order valence-electron chi connectivity index (χ0n) is 17.1. The molecule has 2 aliphatic rings. The second kappa shape index (κ2) is 7.95. The second-order valence-electron chi connectivity index (χ2n) is 8.18. The van der Waals surface area contributed by atoms with Gasteiger partial charge in [0.2, 0.25) is 5.91 Å². The Hall–Kier alpha value is -2.73. The standard InChI is InChI=1S/C23H28N4O2/c1-15-3-4-18-13-17(6-8-22(18)27(15)16(2)28)19-5-7-21(25-14-19)23(29)26-11-9-20(24)10-12-26/h5-8,13-15,20H,3-4,9-12,24H2,1-2H3/t15-/m0/s1. The van der Waals surface area contributed by atoms with Crippen molar-refractivity contribution in [3.63, 3.8) is 0 Å². The van der Waals surface area contributed by atoms with Gasteiger partial charge in [0.15, 0.2) is 0 Å². The van der Waals surface area contributed by atoms with Gasteiger partial charge in [0.05, 0.1) is 0 Å². The summed E-state index contributed by atoms with van der Waals surface area (Å²) in [5.74, 6) is 0.0504. The molecule has 1 atom stereocenters. The molecular weight excluding hydrogens is 364 g/mol. The van der Waals surface area contributed by atoms with E-state index in [2.05, 4.69) is 18.0 Å². The number of anilines is 1. The first-order chi connectivity index (χ1) is 13.9. The molecule has 0 spiro atoms. The van der Waals surface area contributed by atoms with Crippen molar-refractivity contribution in [3.8, 4) is 11.1 Å². The normalized spacial score (nSPS) is 19.8. The smallest absolute Gasteiger partial charge is 0.272 e. The van der Waals surface area contributed by atoms with Gasteiger partial charge in [0.25, 0.3) is 5.91 Å². The summed E-state index contributed by atoms with van der Waals surface area (Å²) in [4.78, 5) is 32.9. The Morgan fingerprint density at radius 2 is 1.79 bits per heavy atom. The van der Waals surface area contributed by atoms with Crippen LogP contribution in [0.15, 0.2) is 36.5 Å². The van der Waals surface area contributed by atoms with Gasteiger partial charge in [-0.2, -0.15) is 0 Å². The van der Waals surface area contributed by atoms with Crippen LogP contribution in [0.2, 0.25) is 0 Å². The number of rotatable bonds is 2. The minimum atomic E-state index is -0.0278. The van der Waals surface area contributed by atoms with Crippen molar-refractivity contribution in [2.24, 2.45) is 5.73 Å².